The zero-order valence-corrected chi connectivity index (χ0v) is 11.5. The largest absolute Gasteiger partial charge is 0.490 e. The maximum absolute atomic E-state index is 10.9. The molecule has 2 aromatic rings. The Morgan fingerprint density at radius 2 is 1.65 bits per heavy atom. The molecule has 0 saturated heterocycles. The van der Waals surface area contributed by atoms with E-state index >= 15 is 0 Å². The molecule has 4 nitrogen and oxygen atoms in total. The Bertz CT molecular complexity index is 584. The predicted octanol–water partition coefficient (Wildman–Crippen LogP) is 2.90. The number of hydrogen-bond donors (Lipinski definition) is 1. The van der Waals surface area contributed by atoms with Crippen LogP contribution in [0.3, 0.4) is 0 Å². The number of para-hydroxylation sites is 1. The highest BCUT2D eigenvalue weighted by molar-refractivity contribution is 6.32. The second-order valence-electron chi connectivity index (χ2n) is 4.02. The number of hydrogen-bond acceptors (Lipinski definition) is 3. The number of primary amides is 1. The van der Waals surface area contributed by atoms with Crippen LogP contribution in [0.25, 0.3) is 0 Å². The van der Waals surface area contributed by atoms with Crippen LogP contribution in [-0.2, 0) is 0 Å². The number of ether oxygens (including phenoxy) is 2. The number of nitrogens with two attached hydrogens (primary N) is 1. The SMILES string of the molecule is NC(=O)c1ccc(OCCOc2ccccc2Cl)cc1. The lowest BCUT2D eigenvalue weighted by molar-refractivity contribution is 0.1000. The van der Waals surface area contributed by atoms with E-state index in [1.807, 2.05) is 12.1 Å². The normalized spacial score (nSPS) is 10.1. The number of benzene rings is 2. The number of carbonyl (C=O) groups excluding carboxylic acids is 1. The van der Waals surface area contributed by atoms with Gasteiger partial charge < -0.3 is 15.2 Å². The van der Waals surface area contributed by atoms with Crippen molar-refractivity contribution in [3.05, 3.63) is 59.1 Å². The maximum Gasteiger partial charge on any atom is 0.248 e. The predicted molar refractivity (Wildman–Crippen MR) is 77.4 cm³/mol. The fraction of sp³-hybridized carbons (Fsp3) is 0.133. The molecule has 0 spiro atoms. The van der Waals surface area contributed by atoms with Crippen LogP contribution in [0.4, 0.5) is 0 Å². The molecule has 20 heavy (non-hydrogen) atoms. The molecule has 104 valence electrons. The smallest absolute Gasteiger partial charge is 0.248 e. The number of carbonyl (C=O) groups is 1. The second-order valence-corrected chi connectivity index (χ2v) is 4.42. The molecule has 0 bridgehead atoms. The molecule has 0 aromatic heterocycles. The van der Waals surface area contributed by atoms with Crippen molar-refractivity contribution in [2.24, 2.45) is 5.73 Å². The van der Waals surface area contributed by atoms with Gasteiger partial charge in [0.1, 0.15) is 24.7 Å². The van der Waals surface area contributed by atoms with E-state index in [0.29, 0.717) is 35.3 Å². The minimum atomic E-state index is -0.460. The molecule has 2 aromatic carbocycles. The first-order valence-electron chi connectivity index (χ1n) is 6.07. The van der Waals surface area contributed by atoms with Gasteiger partial charge in [0.25, 0.3) is 0 Å². The van der Waals surface area contributed by atoms with E-state index in [2.05, 4.69) is 0 Å². The summed E-state index contributed by atoms with van der Waals surface area (Å²) >= 11 is 5.96. The van der Waals surface area contributed by atoms with E-state index in [9.17, 15) is 4.79 Å². The lowest BCUT2D eigenvalue weighted by Gasteiger charge is -2.09. The van der Waals surface area contributed by atoms with Gasteiger partial charge in [-0.05, 0) is 36.4 Å². The first-order valence-corrected chi connectivity index (χ1v) is 6.44. The summed E-state index contributed by atoms with van der Waals surface area (Å²) in [6.07, 6.45) is 0. The van der Waals surface area contributed by atoms with Crippen LogP contribution in [0.2, 0.25) is 5.02 Å². The van der Waals surface area contributed by atoms with E-state index in [-0.39, 0.29) is 0 Å². The molecule has 0 aliphatic carbocycles. The van der Waals surface area contributed by atoms with Gasteiger partial charge >= 0.3 is 0 Å². The Balaban J connectivity index is 1.79. The standard InChI is InChI=1S/C15H14ClNO3/c16-13-3-1-2-4-14(13)20-10-9-19-12-7-5-11(6-8-12)15(17)18/h1-8H,9-10H2,(H2,17,18). The van der Waals surface area contributed by atoms with Crippen molar-refractivity contribution in [3.8, 4) is 11.5 Å². The Hall–Kier alpha value is -2.20. The summed E-state index contributed by atoms with van der Waals surface area (Å²) in [4.78, 5) is 10.9. The van der Waals surface area contributed by atoms with Gasteiger partial charge in [0.15, 0.2) is 0 Å². The van der Waals surface area contributed by atoms with Gasteiger partial charge in [-0.15, -0.1) is 0 Å². The Kier molecular flexibility index (Phi) is 4.85. The third-order valence-electron chi connectivity index (χ3n) is 2.59. The van der Waals surface area contributed by atoms with Crippen LogP contribution in [0.5, 0.6) is 11.5 Å². The topological polar surface area (TPSA) is 61.6 Å². The van der Waals surface area contributed by atoms with Gasteiger partial charge in [0, 0.05) is 5.56 Å². The Morgan fingerprint density at radius 3 is 2.30 bits per heavy atom. The molecule has 0 fully saturated rings. The molecule has 0 aliphatic rings. The van der Waals surface area contributed by atoms with Crippen molar-refractivity contribution in [3.63, 3.8) is 0 Å². The molecule has 0 unspecified atom stereocenters. The van der Waals surface area contributed by atoms with Gasteiger partial charge in [-0.3, -0.25) is 4.79 Å². The van der Waals surface area contributed by atoms with E-state index in [4.69, 9.17) is 26.8 Å². The number of halogens is 1. The van der Waals surface area contributed by atoms with Crippen LogP contribution in [0, 0.1) is 0 Å². The average molecular weight is 292 g/mol. The summed E-state index contributed by atoms with van der Waals surface area (Å²) in [5.74, 6) is 0.818. The van der Waals surface area contributed by atoms with Crippen molar-refractivity contribution in [2.75, 3.05) is 13.2 Å². The van der Waals surface area contributed by atoms with Crippen molar-refractivity contribution in [2.45, 2.75) is 0 Å². The van der Waals surface area contributed by atoms with Crippen molar-refractivity contribution >= 4 is 17.5 Å². The highest BCUT2D eigenvalue weighted by Crippen LogP contribution is 2.22. The third kappa shape index (κ3) is 3.90. The first kappa shape index (κ1) is 14.2. The molecular weight excluding hydrogens is 278 g/mol. The Labute approximate surface area is 122 Å². The molecule has 2 N–H and O–H groups in total. The first-order chi connectivity index (χ1) is 9.66. The summed E-state index contributed by atoms with van der Waals surface area (Å²) < 4.78 is 11.0. The zero-order chi connectivity index (χ0) is 14.4. The molecule has 0 saturated carbocycles. The van der Waals surface area contributed by atoms with Gasteiger partial charge in [0.2, 0.25) is 5.91 Å². The maximum atomic E-state index is 10.9. The average Bonchev–Trinajstić information content (AvgIpc) is 2.46. The van der Waals surface area contributed by atoms with Crippen LogP contribution in [-0.4, -0.2) is 19.1 Å². The quantitative estimate of drug-likeness (QED) is 0.833. The lowest BCUT2D eigenvalue weighted by Crippen LogP contribution is -2.11. The molecule has 0 radical (unpaired) electrons. The fourth-order valence-electron chi connectivity index (χ4n) is 1.59. The van der Waals surface area contributed by atoms with Crippen molar-refractivity contribution < 1.29 is 14.3 Å². The highest BCUT2D eigenvalue weighted by atomic mass is 35.5. The minimum absolute atomic E-state index is 0.376. The van der Waals surface area contributed by atoms with Crippen LogP contribution in [0.15, 0.2) is 48.5 Å². The van der Waals surface area contributed by atoms with E-state index in [0.717, 1.165) is 0 Å². The monoisotopic (exact) mass is 291 g/mol. The van der Waals surface area contributed by atoms with Crippen LogP contribution in [0.1, 0.15) is 10.4 Å². The molecular formula is C15H14ClNO3. The minimum Gasteiger partial charge on any atom is -0.490 e. The zero-order valence-electron chi connectivity index (χ0n) is 10.7. The molecule has 5 heteroatoms. The summed E-state index contributed by atoms with van der Waals surface area (Å²) in [5, 5.41) is 0.568. The third-order valence-corrected chi connectivity index (χ3v) is 2.90. The molecule has 0 heterocycles. The lowest BCUT2D eigenvalue weighted by atomic mass is 10.2. The molecule has 0 aliphatic heterocycles. The van der Waals surface area contributed by atoms with Gasteiger partial charge in [0.05, 0.1) is 5.02 Å². The van der Waals surface area contributed by atoms with Gasteiger partial charge in [-0.25, -0.2) is 0 Å². The number of amides is 1. The molecule has 0 atom stereocenters. The summed E-state index contributed by atoms with van der Waals surface area (Å²) in [6, 6.07) is 13.9. The summed E-state index contributed by atoms with van der Waals surface area (Å²) in [6.45, 7) is 0.752. The second kappa shape index (κ2) is 6.82. The highest BCUT2D eigenvalue weighted by Gasteiger charge is 2.01. The fourth-order valence-corrected chi connectivity index (χ4v) is 1.78. The molecule has 2 rings (SSSR count). The Morgan fingerprint density at radius 1 is 1.00 bits per heavy atom. The van der Waals surface area contributed by atoms with Gasteiger partial charge in [-0.1, -0.05) is 23.7 Å². The van der Waals surface area contributed by atoms with Crippen molar-refractivity contribution in [1.82, 2.24) is 0 Å². The summed E-state index contributed by atoms with van der Waals surface area (Å²) in [7, 11) is 0. The van der Waals surface area contributed by atoms with Crippen LogP contribution >= 0.6 is 11.6 Å². The van der Waals surface area contributed by atoms with Crippen LogP contribution < -0.4 is 15.2 Å². The van der Waals surface area contributed by atoms with Crippen molar-refractivity contribution in [1.29, 1.82) is 0 Å². The van der Waals surface area contributed by atoms with E-state index in [1.165, 1.54) is 0 Å². The summed E-state index contributed by atoms with van der Waals surface area (Å²) in [5.41, 5.74) is 5.60. The molecule has 1 amide bonds. The van der Waals surface area contributed by atoms with E-state index in [1.54, 1.807) is 36.4 Å². The number of rotatable bonds is 6. The van der Waals surface area contributed by atoms with Gasteiger partial charge in [-0.2, -0.15) is 0 Å². The van der Waals surface area contributed by atoms with E-state index < -0.39 is 5.91 Å².